The molecule has 0 spiro atoms. The summed E-state index contributed by atoms with van der Waals surface area (Å²) in [7, 11) is -3.46. The second-order valence-corrected chi connectivity index (χ2v) is 7.59. The number of benzene rings is 1. The van der Waals surface area contributed by atoms with E-state index in [2.05, 4.69) is 15.5 Å². The Bertz CT molecular complexity index is 738. The van der Waals surface area contributed by atoms with E-state index in [0.717, 1.165) is 12.8 Å². The van der Waals surface area contributed by atoms with Gasteiger partial charge in [-0.1, -0.05) is 12.1 Å². The summed E-state index contributed by atoms with van der Waals surface area (Å²) in [4.78, 5) is 0. The highest BCUT2D eigenvalue weighted by Crippen LogP contribution is 2.35. The van der Waals surface area contributed by atoms with Crippen LogP contribution in [-0.2, 0) is 15.6 Å². The summed E-state index contributed by atoms with van der Waals surface area (Å²) in [6.45, 7) is 1.59. The smallest absolute Gasteiger partial charge is 0.166 e. The molecule has 1 unspecified atom stereocenters. The molecule has 8 heteroatoms. The maximum absolute atomic E-state index is 12.9. The Morgan fingerprint density at radius 2 is 2.00 bits per heavy atom. The minimum absolute atomic E-state index is 0.213. The molecule has 1 aromatic heterocycles. The van der Waals surface area contributed by atoms with Gasteiger partial charge in [0.1, 0.15) is 11.6 Å². The van der Waals surface area contributed by atoms with Crippen LogP contribution in [0.2, 0.25) is 0 Å². The molecule has 1 heterocycles. The Morgan fingerprint density at radius 1 is 1.33 bits per heavy atom. The van der Waals surface area contributed by atoms with Crippen molar-refractivity contribution in [3.63, 3.8) is 0 Å². The van der Waals surface area contributed by atoms with E-state index in [9.17, 15) is 12.8 Å². The molecule has 1 aliphatic carbocycles. The van der Waals surface area contributed by atoms with Crippen molar-refractivity contribution in [2.24, 2.45) is 0 Å². The van der Waals surface area contributed by atoms with Gasteiger partial charge in [-0.15, -0.1) is 5.10 Å². The molecule has 0 bridgehead atoms. The van der Waals surface area contributed by atoms with Crippen LogP contribution < -0.4 is 0 Å². The third-order valence-corrected chi connectivity index (χ3v) is 5.67. The number of hydrogen-bond donors (Lipinski definition) is 0. The number of tetrazole rings is 1. The van der Waals surface area contributed by atoms with Gasteiger partial charge < -0.3 is 0 Å². The van der Waals surface area contributed by atoms with Gasteiger partial charge in [0.05, 0.1) is 11.3 Å². The maximum atomic E-state index is 12.9. The average molecular weight is 310 g/mol. The highest BCUT2D eigenvalue weighted by atomic mass is 32.2. The van der Waals surface area contributed by atoms with Crippen molar-refractivity contribution >= 4 is 9.84 Å². The van der Waals surface area contributed by atoms with Crippen LogP contribution in [0.25, 0.3) is 0 Å². The Hall–Kier alpha value is -1.83. The molecule has 1 saturated carbocycles. The minimum atomic E-state index is -3.46. The molecule has 0 amide bonds. The molecular weight excluding hydrogens is 295 g/mol. The Balaban J connectivity index is 1.82. The molecule has 1 aromatic carbocycles. The predicted octanol–water partition coefficient (Wildman–Crippen LogP) is 1.82. The highest BCUT2D eigenvalue weighted by Gasteiger charge is 2.31. The quantitative estimate of drug-likeness (QED) is 0.842. The molecule has 0 radical (unpaired) electrons. The van der Waals surface area contributed by atoms with Crippen molar-refractivity contribution < 1.29 is 12.8 Å². The van der Waals surface area contributed by atoms with E-state index in [1.165, 1.54) is 24.3 Å². The van der Waals surface area contributed by atoms with Crippen LogP contribution in [0, 0.1) is 5.82 Å². The zero-order valence-corrected chi connectivity index (χ0v) is 12.3. The molecule has 21 heavy (non-hydrogen) atoms. The van der Waals surface area contributed by atoms with E-state index in [1.807, 2.05) is 0 Å². The fourth-order valence-corrected chi connectivity index (χ4v) is 3.53. The minimum Gasteiger partial charge on any atom is -0.228 e. The standard InChI is InChI=1S/C13H15FN4O2S/c1-9(10-2-4-11(14)5-3-10)21(19,20)8-13-15-16-17-18(13)12-6-7-12/h2-5,9,12H,6-8H2,1H3. The number of halogens is 1. The summed E-state index contributed by atoms with van der Waals surface area (Å²) in [5.41, 5.74) is 0.557. The third-order valence-electron chi connectivity index (χ3n) is 3.66. The lowest BCUT2D eigenvalue weighted by Crippen LogP contribution is -2.16. The molecule has 1 aliphatic rings. The van der Waals surface area contributed by atoms with Crippen LogP contribution in [0.15, 0.2) is 24.3 Å². The van der Waals surface area contributed by atoms with Crippen LogP contribution in [0.5, 0.6) is 0 Å². The van der Waals surface area contributed by atoms with Gasteiger partial charge in [0.15, 0.2) is 15.7 Å². The van der Waals surface area contributed by atoms with Crippen molar-refractivity contribution in [1.29, 1.82) is 0 Å². The predicted molar refractivity (Wildman–Crippen MR) is 73.5 cm³/mol. The number of nitrogens with zero attached hydrogens (tertiary/aromatic N) is 4. The lowest BCUT2D eigenvalue weighted by atomic mass is 10.2. The summed E-state index contributed by atoms with van der Waals surface area (Å²) < 4.78 is 39.5. The normalized spacial score (nSPS) is 16.9. The first-order valence-electron chi connectivity index (χ1n) is 6.71. The first kappa shape index (κ1) is 14.1. The molecule has 6 nitrogen and oxygen atoms in total. The fourth-order valence-electron chi connectivity index (χ4n) is 2.16. The number of hydrogen-bond acceptors (Lipinski definition) is 5. The van der Waals surface area contributed by atoms with Gasteiger partial charge in [0.2, 0.25) is 0 Å². The van der Waals surface area contributed by atoms with Crippen molar-refractivity contribution in [3.8, 4) is 0 Å². The summed E-state index contributed by atoms with van der Waals surface area (Å²) >= 11 is 0. The first-order chi connectivity index (χ1) is 9.97. The van der Waals surface area contributed by atoms with Gasteiger partial charge in [0, 0.05) is 0 Å². The van der Waals surface area contributed by atoms with E-state index in [4.69, 9.17) is 0 Å². The van der Waals surface area contributed by atoms with Gasteiger partial charge >= 0.3 is 0 Å². The van der Waals surface area contributed by atoms with Gasteiger partial charge in [-0.3, -0.25) is 0 Å². The fraction of sp³-hybridized carbons (Fsp3) is 0.462. The van der Waals surface area contributed by atoms with Crippen molar-refractivity contribution in [1.82, 2.24) is 20.2 Å². The lowest BCUT2D eigenvalue weighted by Gasteiger charge is -2.13. The zero-order chi connectivity index (χ0) is 15.0. The molecule has 0 N–H and O–H groups in total. The Labute approximate surface area is 121 Å². The van der Waals surface area contributed by atoms with Crippen molar-refractivity contribution in [2.75, 3.05) is 0 Å². The molecule has 1 atom stereocenters. The highest BCUT2D eigenvalue weighted by molar-refractivity contribution is 7.90. The number of aromatic nitrogens is 4. The van der Waals surface area contributed by atoms with Gasteiger partial charge in [-0.25, -0.2) is 17.5 Å². The largest absolute Gasteiger partial charge is 0.228 e. The summed E-state index contributed by atoms with van der Waals surface area (Å²) in [6, 6.07) is 5.72. The summed E-state index contributed by atoms with van der Waals surface area (Å²) in [5.74, 6) is -0.234. The van der Waals surface area contributed by atoms with Crippen LogP contribution in [0.3, 0.4) is 0 Å². The SMILES string of the molecule is CC(c1ccc(F)cc1)S(=O)(=O)Cc1nnnn1C1CC1. The molecule has 2 aromatic rings. The second kappa shape index (κ2) is 5.18. The van der Waals surface area contributed by atoms with Crippen LogP contribution in [0.1, 0.15) is 42.4 Å². The van der Waals surface area contributed by atoms with Crippen LogP contribution >= 0.6 is 0 Å². The Kier molecular flexibility index (Phi) is 3.48. The molecule has 1 fully saturated rings. The monoisotopic (exact) mass is 310 g/mol. The van der Waals surface area contributed by atoms with Gasteiger partial charge in [-0.05, 0) is 47.9 Å². The summed E-state index contributed by atoms with van der Waals surface area (Å²) in [6.07, 6.45) is 1.96. The van der Waals surface area contributed by atoms with Crippen LogP contribution in [0.4, 0.5) is 4.39 Å². The van der Waals surface area contributed by atoms with E-state index in [0.29, 0.717) is 11.4 Å². The van der Waals surface area contributed by atoms with Crippen molar-refractivity contribution in [3.05, 3.63) is 41.5 Å². The van der Waals surface area contributed by atoms with E-state index in [-0.39, 0.29) is 17.6 Å². The third kappa shape index (κ3) is 2.94. The van der Waals surface area contributed by atoms with E-state index < -0.39 is 15.1 Å². The number of rotatable bonds is 5. The molecule has 0 saturated heterocycles. The van der Waals surface area contributed by atoms with Crippen LogP contribution in [-0.4, -0.2) is 28.6 Å². The zero-order valence-electron chi connectivity index (χ0n) is 11.5. The lowest BCUT2D eigenvalue weighted by molar-refractivity contribution is 0.568. The molecule has 0 aliphatic heterocycles. The first-order valence-corrected chi connectivity index (χ1v) is 8.42. The second-order valence-electron chi connectivity index (χ2n) is 5.27. The average Bonchev–Trinajstić information content (AvgIpc) is 3.19. The molecule has 3 rings (SSSR count). The molecular formula is C13H15FN4O2S. The van der Waals surface area contributed by atoms with E-state index >= 15 is 0 Å². The van der Waals surface area contributed by atoms with Crippen molar-refractivity contribution in [2.45, 2.75) is 36.8 Å². The maximum Gasteiger partial charge on any atom is 0.166 e. The van der Waals surface area contributed by atoms with Gasteiger partial charge in [0.25, 0.3) is 0 Å². The Morgan fingerprint density at radius 3 is 2.62 bits per heavy atom. The van der Waals surface area contributed by atoms with Gasteiger partial charge in [-0.2, -0.15) is 0 Å². The number of sulfone groups is 1. The topological polar surface area (TPSA) is 77.7 Å². The van der Waals surface area contributed by atoms with E-state index in [1.54, 1.807) is 11.6 Å². The molecule has 112 valence electrons. The summed E-state index contributed by atoms with van der Waals surface area (Å²) in [5, 5.41) is 10.5.